The normalized spacial score (nSPS) is 12.5. The molecule has 0 aliphatic carbocycles. The number of carbonyl (C=O) groups excluding carboxylic acids is 1. The van der Waals surface area contributed by atoms with Gasteiger partial charge in [0.1, 0.15) is 0 Å². The van der Waals surface area contributed by atoms with E-state index in [0.717, 1.165) is 34.2 Å². The smallest absolute Gasteiger partial charge is 0.238 e. The summed E-state index contributed by atoms with van der Waals surface area (Å²) >= 11 is 1.62. The van der Waals surface area contributed by atoms with Crippen molar-refractivity contribution in [3.05, 3.63) is 42.5 Å². The van der Waals surface area contributed by atoms with Gasteiger partial charge in [0.2, 0.25) is 5.91 Å². The molecule has 0 aliphatic rings. The molecule has 0 saturated heterocycles. The fraction of sp³-hybridized carbons (Fsp3) is 0.517. The molecule has 7 heteroatoms. The Bertz CT molecular complexity index is 969. The molecule has 2 aromatic rings. The average Bonchev–Trinajstić information content (AvgIpc) is 2.84. The summed E-state index contributed by atoms with van der Waals surface area (Å²) in [7, 11) is 2.05. The van der Waals surface area contributed by atoms with E-state index in [-0.39, 0.29) is 17.9 Å². The van der Waals surface area contributed by atoms with E-state index >= 15 is 0 Å². The number of nitrogens with zero attached hydrogens (tertiary/aromatic N) is 2. The van der Waals surface area contributed by atoms with Crippen LogP contribution in [0.2, 0.25) is 0 Å². The summed E-state index contributed by atoms with van der Waals surface area (Å²) in [6.45, 7) is 12.0. The van der Waals surface area contributed by atoms with Gasteiger partial charge in [-0.3, -0.25) is 9.79 Å². The van der Waals surface area contributed by atoms with E-state index in [9.17, 15) is 4.79 Å². The van der Waals surface area contributed by atoms with Crippen molar-refractivity contribution in [2.75, 3.05) is 35.1 Å². The maximum Gasteiger partial charge on any atom is 0.238 e. The number of nitrogens with one attached hydrogen (secondary N) is 2. The van der Waals surface area contributed by atoms with Crippen molar-refractivity contribution in [3.8, 4) is 0 Å². The van der Waals surface area contributed by atoms with Crippen molar-refractivity contribution in [1.82, 2.24) is 0 Å². The molecule has 0 heterocycles. The molecule has 0 bridgehead atoms. The molecule has 0 aromatic heterocycles. The highest BCUT2D eigenvalue weighted by atomic mass is 32.2. The van der Waals surface area contributed by atoms with Gasteiger partial charge in [0.25, 0.3) is 0 Å². The predicted octanol–water partition coefficient (Wildman–Crippen LogP) is 7.49. The minimum Gasteiger partial charge on any atom is -0.383 e. The van der Waals surface area contributed by atoms with E-state index in [2.05, 4.69) is 67.8 Å². The van der Waals surface area contributed by atoms with Crippen molar-refractivity contribution < 1.29 is 4.79 Å². The summed E-state index contributed by atoms with van der Waals surface area (Å²) in [5.41, 5.74) is 9.21. The summed E-state index contributed by atoms with van der Waals surface area (Å²) in [6.07, 6.45) is 8.50. The lowest BCUT2D eigenvalue weighted by atomic mass is 9.99. The number of amides is 1. The first-order valence-electron chi connectivity index (χ1n) is 13.1. The van der Waals surface area contributed by atoms with Crippen LogP contribution in [0.3, 0.4) is 0 Å². The Labute approximate surface area is 222 Å². The van der Waals surface area contributed by atoms with E-state index in [4.69, 9.17) is 10.7 Å². The SMILES string of the molecule is CCCCCCC(C)CNc1ccc(N(C)Sc2ccc(NC(=O)CN)cc2)cc1N=CC(C)(C)C. The van der Waals surface area contributed by atoms with Crippen LogP contribution in [-0.4, -0.2) is 32.3 Å². The Morgan fingerprint density at radius 2 is 1.86 bits per heavy atom. The lowest BCUT2D eigenvalue weighted by Crippen LogP contribution is -2.21. The number of anilines is 3. The van der Waals surface area contributed by atoms with Crippen molar-refractivity contribution in [2.24, 2.45) is 22.1 Å². The van der Waals surface area contributed by atoms with Crippen molar-refractivity contribution in [1.29, 1.82) is 0 Å². The van der Waals surface area contributed by atoms with Crippen LogP contribution in [0.4, 0.5) is 22.7 Å². The molecular formula is C29H45N5OS. The molecule has 0 fully saturated rings. The van der Waals surface area contributed by atoms with E-state index in [1.54, 1.807) is 11.9 Å². The van der Waals surface area contributed by atoms with Gasteiger partial charge in [-0.15, -0.1) is 0 Å². The molecule has 6 nitrogen and oxygen atoms in total. The van der Waals surface area contributed by atoms with Crippen molar-refractivity contribution in [2.45, 2.75) is 71.6 Å². The molecule has 2 aromatic carbocycles. The van der Waals surface area contributed by atoms with Gasteiger partial charge in [-0.25, -0.2) is 0 Å². The molecule has 0 aliphatic heterocycles. The summed E-state index contributed by atoms with van der Waals surface area (Å²) in [6, 6.07) is 14.2. The number of hydrogen-bond donors (Lipinski definition) is 3. The first-order valence-corrected chi connectivity index (χ1v) is 13.8. The second-order valence-electron chi connectivity index (χ2n) is 10.5. The first kappa shape index (κ1) is 29.7. The lowest BCUT2D eigenvalue weighted by molar-refractivity contribution is -0.114. The Balaban J connectivity index is 2.10. The number of rotatable bonds is 14. The summed E-state index contributed by atoms with van der Waals surface area (Å²) in [5.74, 6) is 0.423. The van der Waals surface area contributed by atoms with Gasteiger partial charge >= 0.3 is 0 Å². The maximum atomic E-state index is 11.5. The number of hydrogen-bond acceptors (Lipinski definition) is 6. The Morgan fingerprint density at radius 3 is 2.50 bits per heavy atom. The standard InChI is InChI=1S/C29H45N5OS/c1-7-8-9-10-11-22(2)20-31-26-17-14-24(18-27(26)32-21-29(3,4)5)34(6)36-25-15-12-23(13-16-25)33-28(35)19-30/h12-18,21-22,31H,7-11,19-20,30H2,1-6H3,(H,33,35). The van der Waals surface area contributed by atoms with Crippen LogP contribution in [0.15, 0.2) is 52.4 Å². The van der Waals surface area contributed by atoms with Crippen LogP contribution in [0.25, 0.3) is 0 Å². The van der Waals surface area contributed by atoms with Crippen LogP contribution in [-0.2, 0) is 4.79 Å². The number of carbonyl (C=O) groups is 1. The zero-order chi connectivity index (χ0) is 26.6. The molecule has 4 N–H and O–H groups in total. The highest BCUT2D eigenvalue weighted by Gasteiger charge is 2.12. The summed E-state index contributed by atoms with van der Waals surface area (Å²) in [4.78, 5) is 17.4. The van der Waals surface area contributed by atoms with Gasteiger partial charge in [0.05, 0.1) is 17.9 Å². The van der Waals surface area contributed by atoms with E-state index < -0.39 is 0 Å². The van der Waals surface area contributed by atoms with E-state index in [1.807, 2.05) is 37.5 Å². The number of benzene rings is 2. The van der Waals surface area contributed by atoms with E-state index in [0.29, 0.717) is 5.92 Å². The van der Waals surface area contributed by atoms with Gasteiger partial charge in [0.15, 0.2) is 0 Å². The molecule has 1 amide bonds. The molecule has 2 rings (SSSR count). The monoisotopic (exact) mass is 511 g/mol. The molecule has 1 unspecified atom stereocenters. The van der Waals surface area contributed by atoms with Gasteiger partial charge in [-0.1, -0.05) is 60.3 Å². The third-order valence-corrected chi connectivity index (χ3v) is 6.66. The Morgan fingerprint density at radius 1 is 1.14 bits per heavy atom. The topological polar surface area (TPSA) is 82.8 Å². The highest BCUT2D eigenvalue weighted by molar-refractivity contribution is 8.00. The first-order chi connectivity index (χ1) is 17.1. The van der Waals surface area contributed by atoms with Crippen LogP contribution < -0.4 is 20.7 Å². The second-order valence-corrected chi connectivity index (χ2v) is 11.7. The Kier molecular flexibility index (Phi) is 12.3. The quantitative estimate of drug-likeness (QED) is 0.139. The zero-order valence-corrected chi connectivity index (χ0v) is 23.8. The third-order valence-electron chi connectivity index (χ3n) is 5.69. The van der Waals surface area contributed by atoms with Gasteiger partial charge in [0, 0.05) is 36.1 Å². The van der Waals surface area contributed by atoms with Gasteiger partial charge < -0.3 is 20.7 Å². The number of aliphatic imine (C=N–C) groups is 1. The van der Waals surface area contributed by atoms with Gasteiger partial charge in [-0.05, 0) is 72.2 Å². The molecule has 0 radical (unpaired) electrons. The Hall–Kier alpha value is -2.51. The fourth-order valence-electron chi connectivity index (χ4n) is 3.56. The largest absolute Gasteiger partial charge is 0.383 e. The molecule has 198 valence electrons. The molecule has 36 heavy (non-hydrogen) atoms. The molecular weight excluding hydrogens is 466 g/mol. The van der Waals surface area contributed by atoms with Gasteiger partial charge in [-0.2, -0.15) is 0 Å². The maximum absolute atomic E-state index is 11.5. The second kappa shape index (κ2) is 14.9. The average molecular weight is 512 g/mol. The fourth-order valence-corrected chi connectivity index (χ4v) is 4.36. The van der Waals surface area contributed by atoms with Crippen molar-refractivity contribution >= 4 is 46.8 Å². The van der Waals surface area contributed by atoms with E-state index in [1.165, 1.54) is 32.1 Å². The third kappa shape index (κ3) is 11.0. The number of nitrogens with two attached hydrogens (primary N) is 1. The number of unbranched alkanes of at least 4 members (excludes halogenated alkanes) is 3. The lowest BCUT2D eigenvalue weighted by Gasteiger charge is -2.21. The predicted molar refractivity (Wildman–Crippen MR) is 159 cm³/mol. The zero-order valence-electron chi connectivity index (χ0n) is 22.9. The van der Waals surface area contributed by atoms with Crippen LogP contribution in [0.5, 0.6) is 0 Å². The molecule has 1 atom stereocenters. The van der Waals surface area contributed by atoms with Crippen LogP contribution >= 0.6 is 11.9 Å². The molecule has 0 saturated carbocycles. The summed E-state index contributed by atoms with van der Waals surface area (Å²) < 4.78 is 2.13. The van der Waals surface area contributed by atoms with Crippen LogP contribution in [0, 0.1) is 11.3 Å². The van der Waals surface area contributed by atoms with Crippen LogP contribution in [0.1, 0.15) is 66.7 Å². The molecule has 0 spiro atoms. The van der Waals surface area contributed by atoms with Crippen molar-refractivity contribution in [3.63, 3.8) is 0 Å². The summed E-state index contributed by atoms with van der Waals surface area (Å²) in [5, 5.41) is 6.42. The minimum atomic E-state index is -0.199. The highest BCUT2D eigenvalue weighted by Crippen LogP contribution is 2.35. The minimum absolute atomic E-state index is 0.00155.